The molecule has 10 nitrogen and oxygen atoms in total. The zero-order valence-corrected chi connectivity index (χ0v) is 8.13. The van der Waals surface area contributed by atoms with Gasteiger partial charge in [0.2, 0.25) is 0 Å². The van der Waals surface area contributed by atoms with Crippen LogP contribution in [0, 0.1) is 0 Å². The third kappa shape index (κ3) is 10.2. The van der Waals surface area contributed by atoms with Crippen LogP contribution in [0.4, 0.5) is 4.79 Å². The zero-order chi connectivity index (χ0) is 13.5. The zero-order valence-electron chi connectivity index (χ0n) is 7.31. The highest BCUT2D eigenvalue weighted by Gasteiger charge is 2.24. The predicted molar refractivity (Wildman–Crippen MR) is 35.4 cm³/mol. The van der Waals surface area contributed by atoms with E-state index in [1.807, 2.05) is 0 Å². The largest absolute Gasteiger partial charge is 0.652 e. The van der Waals surface area contributed by atoms with Crippen molar-refractivity contribution in [1.29, 1.82) is 0 Å². The minimum atomic E-state index is -4.94. The lowest BCUT2D eigenvalue weighted by Crippen LogP contribution is -2.44. The molecule has 0 spiro atoms. The Balaban J connectivity index is 0. The van der Waals surface area contributed by atoms with Crippen molar-refractivity contribution in [3.63, 3.8) is 0 Å². The van der Waals surface area contributed by atoms with E-state index >= 15 is 0 Å². The maximum absolute atomic E-state index is 10.2. The molecule has 0 aromatic carbocycles. The van der Waals surface area contributed by atoms with Crippen molar-refractivity contribution in [2.45, 2.75) is 11.7 Å². The minimum absolute atomic E-state index is 1.33. The third-order valence-corrected chi connectivity index (χ3v) is 2.05. The summed E-state index contributed by atoms with van der Waals surface area (Å²) in [7, 11) is -4.94. The number of carbonyl (C=O) groups is 3. The van der Waals surface area contributed by atoms with Crippen LogP contribution in [0.15, 0.2) is 0 Å². The molecule has 0 radical (unpaired) electrons. The Bertz CT molecular complexity index is 363. The molecule has 0 aromatic heterocycles. The standard InChI is InChI=1S/C4H6O7S.CH2O3/c5-3(6)1-2(4(7)8)12(9,10)11;2-1(3)4/h2H,1H2,(H,5,6)(H,7,8)(H,9,10,11);(H2,2,3,4)/p-4. The highest BCUT2D eigenvalue weighted by Crippen LogP contribution is 2.01. The summed E-state index contributed by atoms with van der Waals surface area (Å²) in [5, 5.41) is 33.9. The predicted octanol–water partition coefficient (Wildman–Crippen LogP) is -6.31. The van der Waals surface area contributed by atoms with Gasteiger partial charge < -0.3 is 34.8 Å². The Hall–Kier alpha value is -1.88. The Labute approximate surface area is 88.5 Å². The van der Waals surface area contributed by atoms with Crippen molar-refractivity contribution in [2.75, 3.05) is 0 Å². The summed E-state index contributed by atoms with van der Waals surface area (Å²) in [6.45, 7) is 0. The lowest BCUT2D eigenvalue weighted by atomic mass is 10.3. The molecular weight excluding hydrogens is 252 g/mol. The highest BCUT2D eigenvalue weighted by atomic mass is 32.2. The van der Waals surface area contributed by atoms with E-state index in [0.29, 0.717) is 0 Å². The molecule has 0 fully saturated rings. The second-order valence-corrected chi connectivity index (χ2v) is 3.75. The summed E-state index contributed by atoms with van der Waals surface area (Å²) >= 11 is 0. The van der Waals surface area contributed by atoms with E-state index in [4.69, 9.17) is 19.6 Å². The van der Waals surface area contributed by atoms with Crippen LogP contribution in [0.25, 0.3) is 0 Å². The van der Waals surface area contributed by atoms with Crippen LogP contribution in [0.3, 0.4) is 0 Å². The number of aliphatic carboxylic acids is 2. The van der Waals surface area contributed by atoms with Crippen LogP contribution < -0.4 is 20.4 Å². The molecule has 0 amide bonds. The average Bonchev–Trinajstić information content (AvgIpc) is 1.95. The van der Waals surface area contributed by atoms with Crippen LogP contribution in [-0.2, 0) is 19.7 Å². The fraction of sp³-hybridized carbons (Fsp3) is 0.400. The number of rotatable bonds is 4. The lowest BCUT2D eigenvalue weighted by molar-refractivity contribution is -0.415. The fourth-order valence-electron chi connectivity index (χ4n) is 0.462. The third-order valence-electron chi connectivity index (χ3n) is 0.975. The Morgan fingerprint density at radius 3 is 1.44 bits per heavy atom. The van der Waals surface area contributed by atoms with Gasteiger partial charge in [-0.2, -0.15) is 8.42 Å². The average molecular weight is 256 g/mol. The summed E-state index contributed by atoms with van der Waals surface area (Å²) < 4.78 is 28.5. The van der Waals surface area contributed by atoms with Gasteiger partial charge in [-0.05, 0) is 6.16 Å². The van der Waals surface area contributed by atoms with Crippen molar-refractivity contribution in [2.24, 2.45) is 0 Å². The van der Waals surface area contributed by atoms with Crippen molar-refractivity contribution in [3.05, 3.63) is 0 Å². The molecule has 0 heterocycles. The first-order valence-corrected chi connectivity index (χ1v) is 4.73. The molecule has 0 saturated heterocycles. The molecule has 0 aliphatic rings. The van der Waals surface area contributed by atoms with Gasteiger partial charge in [0.15, 0.2) is 0 Å². The minimum Gasteiger partial charge on any atom is -0.652 e. The molecule has 1 atom stereocenters. The monoisotopic (exact) mass is 256 g/mol. The van der Waals surface area contributed by atoms with E-state index in [1.165, 1.54) is 0 Å². The van der Waals surface area contributed by atoms with E-state index in [1.54, 1.807) is 0 Å². The van der Waals surface area contributed by atoms with Gasteiger partial charge in [0.25, 0.3) is 10.1 Å². The smallest absolute Gasteiger partial charge is 0.273 e. The van der Waals surface area contributed by atoms with Gasteiger partial charge >= 0.3 is 0 Å². The van der Waals surface area contributed by atoms with Crippen LogP contribution in [0.1, 0.15) is 6.42 Å². The molecule has 0 bridgehead atoms. The van der Waals surface area contributed by atoms with E-state index in [-0.39, 0.29) is 0 Å². The summed E-state index contributed by atoms with van der Waals surface area (Å²) in [6, 6.07) is 0. The second-order valence-electron chi connectivity index (χ2n) is 2.15. The first-order valence-electron chi connectivity index (χ1n) is 3.23. The number of hydrogen-bond donors (Lipinski definition) is 1. The van der Waals surface area contributed by atoms with Crippen LogP contribution in [-0.4, -0.2) is 36.3 Å². The van der Waals surface area contributed by atoms with E-state index < -0.39 is 39.9 Å². The van der Waals surface area contributed by atoms with Gasteiger partial charge in [0.1, 0.15) is 5.25 Å². The van der Waals surface area contributed by atoms with E-state index in [2.05, 4.69) is 0 Å². The fourth-order valence-corrected chi connectivity index (χ4v) is 1.05. The molecule has 1 N–H and O–H groups in total. The van der Waals surface area contributed by atoms with Crippen molar-refractivity contribution < 1.29 is 47.8 Å². The first-order chi connectivity index (χ1) is 6.98. The van der Waals surface area contributed by atoms with Crippen LogP contribution in [0.5, 0.6) is 0 Å². The molecule has 0 aliphatic carbocycles. The molecule has 94 valence electrons. The molecule has 0 aromatic rings. The van der Waals surface area contributed by atoms with Gasteiger partial charge in [-0.1, -0.05) is 0 Å². The molecule has 0 aliphatic heterocycles. The topological polar surface area (TPSA) is 198 Å². The summed E-state index contributed by atoms with van der Waals surface area (Å²) in [4.78, 5) is 28.1. The number of carbonyl (C=O) groups excluding carboxylic acids is 3. The summed E-state index contributed by atoms with van der Waals surface area (Å²) in [5.41, 5.74) is 0. The van der Waals surface area contributed by atoms with Crippen molar-refractivity contribution in [3.8, 4) is 0 Å². The Kier molecular flexibility index (Phi) is 6.80. The number of hydrogen-bond acceptors (Lipinski definition) is 9. The van der Waals surface area contributed by atoms with E-state index in [9.17, 15) is 28.2 Å². The number of carboxylic acids is 2. The van der Waals surface area contributed by atoms with Gasteiger partial charge in [-0.25, -0.2) is 0 Å². The summed E-state index contributed by atoms with van der Waals surface area (Å²) in [6.07, 6.45) is -3.67. The normalized spacial score (nSPS) is 11.8. The van der Waals surface area contributed by atoms with Gasteiger partial charge in [0.05, 0.1) is 5.97 Å². The Morgan fingerprint density at radius 1 is 1.06 bits per heavy atom. The number of carboxylic acid groups (broad SMARTS) is 4. The van der Waals surface area contributed by atoms with Crippen molar-refractivity contribution in [1.82, 2.24) is 0 Å². The molecule has 11 heteroatoms. The molecule has 1 unspecified atom stereocenters. The van der Waals surface area contributed by atoms with Crippen LogP contribution >= 0.6 is 0 Å². The van der Waals surface area contributed by atoms with Gasteiger partial charge in [-0.3, -0.25) is 4.55 Å². The molecule has 16 heavy (non-hydrogen) atoms. The maximum Gasteiger partial charge on any atom is 0.273 e. The first kappa shape index (κ1) is 16.5. The summed E-state index contributed by atoms with van der Waals surface area (Å²) in [5.74, 6) is -4.08. The van der Waals surface area contributed by atoms with Crippen molar-refractivity contribution >= 4 is 28.2 Å². The van der Waals surface area contributed by atoms with Crippen LogP contribution in [0.2, 0.25) is 0 Å². The van der Waals surface area contributed by atoms with Gasteiger partial charge in [-0.15, -0.1) is 0 Å². The highest BCUT2D eigenvalue weighted by molar-refractivity contribution is 7.87. The molecule has 0 saturated carbocycles. The molecular formula is C5H4O10S-4. The SMILES string of the molecule is O=C([O-])CC(C(=O)[O-])S(=O)(=O)O.O=C([O-])[O-]. The van der Waals surface area contributed by atoms with Gasteiger partial charge in [0, 0.05) is 12.4 Å². The van der Waals surface area contributed by atoms with E-state index in [0.717, 1.165) is 0 Å². The maximum atomic E-state index is 10.2. The quantitative estimate of drug-likeness (QED) is 0.471. The lowest BCUT2D eigenvalue weighted by Gasteiger charge is -2.14. The Morgan fingerprint density at radius 2 is 1.38 bits per heavy atom. The second kappa shape index (κ2) is 6.58. The molecule has 0 rings (SSSR count).